The second kappa shape index (κ2) is 7.89. The van der Waals surface area contributed by atoms with Crippen molar-refractivity contribution in [3.05, 3.63) is 23.9 Å². The van der Waals surface area contributed by atoms with Crippen molar-refractivity contribution in [3.63, 3.8) is 0 Å². The Morgan fingerprint density at radius 3 is 2.10 bits per heavy atom. The first kappa shape index (κ1) is 17.3. The van der Waals surface area contributed by atoms with E-state index in [1.165, 1.54) is 0 Å². The number of aromatic nitrogens is 1. The Bertz CT molecular complexity index is 384. The average molecular weight is 302 g/mol. The van der Waals surface area contributed by atoms with Crippen molar-refractivity contribution in [3.8, 4) is 0 Å². The molecule has 0 atom stereocenters. The minimum absolute atomic E-state index is 0.324. The third-order valence-corrected chi connectivity index (χ3v) is 4.11. The van der Waals surface area contributed by atoms with Crippen LogP contribution in [0.2, 0.25) is 0 Å². The summed E-state index contributed by atoms with van der Waals surface area (Å²) < 4.78 is 11.2. The van der Waals surface area contributed by atoms with E-state index in [-0.39, 0.29) is 0 Å². The number of nitrogens with zero attached hydrogens (tertiary/aromatic N) is 1. The van der Waals surface area contributed by atoms with E-state index in [1.54, 1.807) is 6.20 Å². The van der Waals surface area contributed by atoms with Gasteiger partial charge < -0.3 is 0 Å². The monoisotopic (exact) mass is 302 g/mol. The second-order valence-electron chi connectivity index (χ2n) is 5.84. The van der Waals surface area contributed by atoms with Crippen LogP contribution < -0.4 is 5.09 Å². The molecule has 0 unspecified atom stereocenters. The number of hydrogen-bond acceptors (Lipinski definition) is 5. The molecule has 1 heterocycles. The summed E-state index contributed by atoms with van der Waals surface area (Å²) in [5.74, 6) is 1.21. The van der Waals surface area contributed by atoms with Crippen molar-refractivity contribution in [2.45, 2.75) is 34.6 Å². The number of aryl methyl sites for hydroxylation is 1. The number of nitrogens with one attached hydrogen (secondary N) is 1. The molecule has 0 aliphatic heterocycles. The number of rotatable bonds is 8. The maximum atomic E-state index is 10.6. The molecule has 116 valence electrons. The van der Waals surface area contributed by atoms with Crippen LogP contribution in [0.15, 0.2) is 18.3 Å². The summed E-state index contributed by atoms with van der Waals surface area (Å²) in [6.45, 7) is 11.0. The fourth-order valence-corrected chi connectivity index (χ4v) is 3.19. The fourth-order valence-electron chi connectivity index (χ4n) is 1.38. The van der Waals surface area contributed by atoms with Gasteiger partial charge in [-0.2, -0.15) is 0 Å². The summed E-state index contributed by atoms with van der Waals surface area (Å²) in [6, 6.07) is 3.74. The van der Waals surface area contributed by atoms with Crippen LogP contribution in [-0.4, -0.2) is 23.1 Å². The standard InChI is InChI=1S/C14H27N2O3P/c1-11(2)9-18-20(17,19-10-12(3)4)16-14-7-6-13(5)8-15-14/h6-8,11-12,17,20H,9-10H2,1-5H3,(H,15,16). The molecule has 20 heavy (non-hydrogen) atoms. The summed E-state index contributed by atoms with van der Waals surface area (Å²) >= 11 is 0. The van der Waals surface area contributed by atoms with E-state index < -0.39 is 8.09 Å². The molecule has 6 heteroatoms. The summed E-state index contributed by atoms with van der Waals surface area (Å²) in [5, 5.41) is 2.93. The zero-order valence-electron chi connectivity index (χ0n) is 13.0. The third kappa shape index (κ3) is 6.62. The molecule has 0 aliphatic carbocycles. The van der Waals surface area contributed by atoms with Crippen LogP contribution in [0, 0.1) is 18.8 Å². The van der Waals surface area contributed by atoms with E-state index in [0.717, 1.165) is 5.56 Å². The van der Waals surface area contributed by atoms with Gasteiger partial charge in [0, 0.05) is 0 Å². The third-order valence-electron chi connectivity index (χ3n) is 2.42. The first-order valence-electron chi connectivity index (χ1n) is 7.02. The molecule has 0 fully saturated rings. The van der Waals surface area contributed by atoms with Gasteiger partial charge in [0.2, 0.25) is 0 Å². The normalized spacial score (nSPS) is 13.0. The van der Waals surface area contributed by atoms with Crippen molar-refractivity contribution in [2.75, 3.05) is 18.3 Å². The predicted molar refractivity (Wildman–Crippen MR) is 84.7 cm³/mol. The second-order valence-corrected chi connectivity index (χ2v) is 7.83. The fraction of sp³-hybridized carbons (Fsp3) is 0.643. The van der Waals surface area contributed by atoms with E-state index in [2.05, 4.69) is 10.1 Å². The summed E-state index contributed by atoms with van der Waals surface area (Å²) in [7, 11) is -3.45. The SMILES string of the molecule is Cc1ccc(N[PH](O)(OCC(C)C)OCC(C)C)nc1. The van der Waals surface area contributed by atoms with E-state index in [9.17, 15) is 4.89 Å². The molecule has 0 amide bonds. The van der Waals surface area contributed by atoms with Crippen molar-refractivity contribution in [2.24, 2.45) is 11.8 Å². The molecule has 0 aromatic carbocycles. The van der Waals surface area contributed by atoms with Gasteiger partial charge in [-0.15, -0.1) is 0 Å². The Kier molecular flexibility index (Phi) is 6.83. The van der Waals surface area contributed by atoms with Gasteiger partial charge in [-0.25, -0.2) is 0 Å². The average Bonchev–Trinajstić information content (AvgIpc) is 2.37. The van der Waals surface area contributed by atoms with Crippen molar-refractivity contribution in [1.82, 2.24) is 4.98 Å². The summed E-state index contributed by atoms with van der Waals surface area (Å²) in [5.41, 5.74) is 1.06. The van der Waals surface area contributed by atoms with Gasteiger partial charge in [0.15, 0.2) is 0 Å². The van der Waals surface area contributed by atoms with Crippen LogP contribution in [0.4, 0.5) is 5.82 Å². The molecule has 0 bridgehead atoms. The van der Waals surface area contributed by atoms with E-state index in [4.69, 9.17) is 9.05 Å². The quantitative estimate of drug-likeness (QED) is 0.719. The van der Waals surface area contributed by atoms with E-state index >= 15 is 0 Å². The molecule has 1 aromatic rings. The van der Waals surface area contributed by atoms with Crippen LogP contribution in [0.3, 0.4) is 0 Å². The van der Waals surface area contributed by atoms with Crippen LogP contribution >= 0.6 is 8.09 Å². The van der Waals surface area contributed by atoms with E-state index in [0.29, 0.717) is 30.9 Å². The van der Waals surface area contributed by atoms with Crippen LogP contribution in [0.1, 0.15) is 33.3 Å². The van der Waals surface area contributed by atoms with Crippen molar-refractivity contribution >= 4 is 13.9 Å². The van der Waals surface area contributed by atoms with E-state index in [1.807, 2.05) is 46.8 Å². The van der Waals surface area contributed by atoms with Gasteiger partial charge in [-0.05, 0) is 0 Å². The maximum absolute atomic E-state index is 10.6. The number of hydrogen-bond donors (Lipinski definition) is 2. The molecule has 0 radical (unpaired) electrons. The minimum atomic E-state index is -3.45. The Morgan fingerprint density at radius 2 is 1.70 bits per heavy atom. The zero-order valence-corrected chi connectivity index (χ0v) is 14.0. The number of anilines is 1. The molecule has 0 saturated carbocycles. The Hall–Kier alpha value is -0.740. The molecule has 0 aliphatic rings. The van der Waals surface area contributed by atoms with Gasteiger partial charge in [-0.1, -0.05) is 0 Å². The van der Waals surface area contributed by atoms with Gasteiger partial charge >= 0.3 is 121 Å². The molecule has 0 saturated heterocycles. The Labute approximate surface area is 122 Å². The first-order chi connectivity index (χ1) is 9.31. The summed E-state index contributed by atoms with van der Waals surface area (Å²) in [6.07, 6.45) is 1.74. The molecule has 1 aromatic heterocycles. The molecule has 0 spiro atoms. The Morgan fingerprint density at radius 1 is 1.15 bits per heavy atom. The molecule has 5 nitrogen and oxygen atoms in total. The van der Waals surface area contributed by atoms with Gasteiger partial charge in [0.25, 0.3) is 0 Å². The summed E-state index contributed by atoms with van der Waals surface area (Å²) in [4.78, 5) is 14.8. The molecular formula is C14H27N2O3P. The molecule has 1 rings (SSSR count). The van der Waals surface area contributed by atoms with Crippen molar-refractivity contribution < 1.29 is 13.9 Å². The van der Waals surface area contributed by atoms with Gasteiger partial charge in [0.05, 0.1) is 0 Å². The predicted octanol–water partition coefficient (Wildman–Crippen LogP) is 3.55. The zero-order chi connectivity index (χ0) is 15.2. The van der Waals surface area contributed by atoms with Gasteiger partial charge in [0.1, 0.15) is 0 Å². The van der Waals surface area contributed by atoms with Gasteiger partial charge in [-0.3, -0.25) is 0 Å². The van der Waals surface area contributed by atoms with Crippen LogP contribution in [0.25, 0.3) is 0 Å². The topological polar surface area (TPSA) is 63.6 Å². The molecule has 2 N–H and O–H groups in total. The van der Waals surface area contributed by atoms with Crippen LogP contribution in [-0.2, 0) is 9.05 Å². The van der Waals surface area contributed by atoms with Crippen molar-refractivity contribution in [1.29, 1.82) is 0 Å². The Balaban J connectivity index is 2.72. The number of pyridine rings is 1. The first-order valence-corrected chi connectivity index (χ1v) is 8.78. The molecular weight excluding hydrogens is 275 g/mol. The van der Waals surface area contributed by atoms with Crippen LogP contribution in [0.5, 0.6) is 0 Å².